The van der Waals surface area contributed by atoms with Gasteiger partial charge in [0.25, 0.3) is 5.91 Å². The minimum Gasteiger partial charge on any atom is -0.386 e. The summed E-state index contributed by atoms with van der Waals surface area (Å²) in [6.45, 7) is 4.49. The van der Waals surface area contributed by atoms with Crippen LogP contribution >= 0.6 is 0 Å². The minimum absolute atomic E-state index is 0.0949. The maximum atomic E-state index is 12.6. The van der Waals surface area contributed by atoms with Crippen molar-refractivity contribution in [2.24, 2.45) is 5.92 Å². The Balaban J connectivity index is 1.95. The Morgan fingerprint density at radius 2 is 2.00 bits per heavy atom. The van der Waals surface area contributed by atoms with E-state index in [0.29, 0.717) is 24.2 Å². The molecular weight excluding hydrogens is 268 g/mol. The molecule has 0 atom stereocenters. The average Bonchev–Trinajstić information content (AvgIpc) is 2.41. The van der Waals surface area contributed by atoms with Gasteiger partial charge in [0.15, 0.2) is 0 Å². The van der Waals surface area contributed by atoms with Gasteiger partial charge in [-0.2, -0.15) is 0 Å². The number of nitrogens with zero attached hydrogens (tertiary/aromatic N) is 1. The second-order valence-electron chi connectivity index (χ2n) is 6.01. The third-order valence-electron chi connectivity index (χ3n) is 4.27. The zero-order valence-corrected chi connectivity index (χ0v) is 12.1. The van der Waals surface area contributed by atoms with Crippen LogP contribution in [0.15, 0.2) is 35.1 Å². The molecule has 2 N–H and O–H groups in total. The number of β-amino-alcohol motifs (C(OH)–C–C–N with tert-alkyl or cyclic N) is 1. The number of H-pyrrole nitrogens is 1. The number of hydrogen-bond acceptors (Lipinski definition) is 3. The summed E-state index contributed by atoms with van der Waals surface area (Å²) in [5.74, 6) is -0.111. The first-order valence-corrected chi connectivity index (χ1v) is 7.04. The van der Waals surface area contributed by atoms with Crippen LogP contribution in [0.5, 0.6) is 0 Å². The van der Waals surface area contributed by atoms with Gasteiger partial charge in [0.1, 0.15) is 5.60 Å². The van der Waals surface area contributed by atoms with Gasteiger partial charge in [-0.25, -0.2) is 0 Å². The number of likely N-dealkylation sites (tertiary alicyclic amines) is 1. The Morgan fingerprint density at radius 3 is 2.67 bits per heavy atom. The molecule has 1 fully saturated rings. The van der Waals surface area contributed by atoms with E-state index in [0.717, 1.165) is 5.39 Å². The lowest BCUT2D eigenvalue weighted by Crippen LogP contribution is -2.66. The van der Waals surface area contributed by atoms with Crippen molar-refractivity contribution in [2.45, 2.75) is 19.4 Å². The highest BCUT2D eigenvalue weighted by molar-refractivity contribution is 6.06. The van der Waals surface area contributed by atoms with E-state index in [1.807, 2.05) is 32.0 Å². The number of carbonyl (C=O) groups excluding carboxylic acids is 1. The fourth-order valence-electron chi connectivity index (χ4n) is 2.68. The maximum absolute atomic E-state index is 12.6. The Bertz CT molecular complexity index is 757. The van der Waals surface area contributed by atoms with Crippen LogP contribution < -0.4 is 5.56 Å². The van der Waals surface area contributed by atoms with Gasteiger partial charge in [0.05, 0.1) is 18.7 Å². The van der Waals surface area contributed by atoms with Gasteiger partial charge in [0.2, 0.25) is 5.56 Å². The van der Waals surface area contributed by atoms with E-state index in [9.17, 15) is 14.7 Å². The molecule has 1 amide bonds. The fraction of sp³-hybridized carbons (Fsp3) is 0.375. The highest BCUT2D eigenvalue weighted by Crippen LogP contribution is 2.30. The predicted octanol–water partition coefficient (Wildman–Crippen LogP) is 1.37. The van der Waals surface area contributed by atoms with Gasteiger partial charge < -0.3 is 15.0 Å². The van der Waals surface area contributed by atoms with Crippen molar-refractivity contribution in [1.82, 2.24) is 9.88 Å². The van der Waals surface area contributed by atoms with Crippen molar-refractivity contribution < 1.29 is 9.90 Å². The topological polar surface area (TPSA) is 73.4 Å². The number of rotatable bonds is 2. The number of fused-ring (bicyclic) bond motifs is 1. The largest absolute Gasteiger partial charge is 0.386 e. The molecule has 3 rings (SSSR count). The first-order chi connectivity index (χ1) is 9.90. The molecule has 0 spiro atoms. The SMILES string of the molecule is CC(C)C1(O)CN(C(=O)c2cc(=O)[nH]c3ccccc23)C1. The van der Waals surface area contributed by atoms with Crippen molar-refractivity contribution in [3.8, 4) is 0 Å². The predicted molar refractivity (Wildman–Crippen MR) is 80.3 cm³/mol. The zero-order chi connectivity index (χ0) is 15.2. The van der Waals surface area contributed by atoms with Gasteiger partial charge in [-0.1, -0.05) is 32.0 Å². The summed E-state index contributed by atoms with van der Waals surface area (Å²) >= 11 is 0. The Kier molecular flexibility index (Phi) is 3.10. The summed E-state index contributed by atoms with van der Waals surface area (Å²) in [5.41, 5.74) is -0.0722. The first-order valence-electron chi connectivity index (χ1n) is 7.04. The average molecular weight is 286 g/mol. The van der Waals surface area contributed by atoms with Crippen LogP contribution in [-0.2, 0) is 0 Å². The van der Waals surface area contributed by atoms with Crippen LogP contribution in [0.25, 0.3) is 10.9 Å². The van der Waals surface area contributed by atoms with Gasteiger partial charge in [0, 0.05) is 17.0 Å². The summed E-state index contributed by atoms with van der Waals surface area (Å²) in [4.78, 5) is 28.6. The number of amides is 1. The lowest BCUT2D eigenvalue weighted by Gasteiger charge is -2.49. The summed E-state index contributed by atoms with van der Waals surface area (Å²) in [6.07, 6.45) is 0. The third kappa shape index (κ3) is 2.23. The molecule has 21 heavy (non-hydrogen) atoms. The quantitative estimate of drug-likeness (QED) is 0.875. The number of aromatic nitrogens is 1. The molecule has 0 bridgehead atoms. The van der Waals surface area contributed by atoms with Crippen LogP contribution in [0.2, 0.25) is 0 Å². The van der Waals surface area contributed by atoms with Crippen molar-refractivity contribution >= 4 is 16.8 Å². The maximum Gasteiger partial charge on any atom is 0.254 e. The third-order valence-corrected chi connectivity index (χ3v) is 4.27. The second-order valence-corrected chi connectivity index (χ2v) is 6.01. The zero-order valence-electron chi connectivity index (χ0n) is 12.1. The number of pyridine rings is 1. The molecule has 5 nitrogen and oxygen atoms in total. The normalized spacial score (nSPS) is 17.0. The standard InChI is InChI=1S/C16H18N2O3/c1-10(2)16(21)8-18(9-16)15(20)12-7-14(19)17-13-6-4-3-5-11(12)13/h3-7,10,21H,8-9H2,1-2H3,(H,17,19). The van der Waals surface area contributed by atoms with Gasteiger partial charge >= 0.3 is 0 Å². The van der Waals surface area contributed by atoms with E-state index >= 15 is 0 Å². The molecular formula is C16H18N2O3. The molecule has 1 aliphatic heterocycles. The smallest absolute Gasteiger partial charge is 0.254 e. The molecule has 2 heterocycles. The number of carbonyl (C=O) groups is 1. The Hall–Kier alpha value is -2.14. The van der Waals surface area contributed by atoms with E-state index in [4.69, 9.17) is 0 Å². The molecule has 1 aliphatic rings. The number of nitrogens with one attached hydrogen (secondary N) is 1. The van der Waals surface area contributed by atoms with Gasteiger partial charge in [-0.05, 0) is 12.0 Å². The van der Waals surface area contributed by atoms with Crippen LogP contribution in [0, 0.1) is 5.92 Å². The molecule has 5 heteroatoms. The molecule has 1 saturated heterocycles. The van der Waals surface area contributed by atoms with Gasteiger partial charge in [-0.15, -0.1) is 0 Å². The molecule has 2 aromatic rings. The number of benzene rings is 1. The second kappa shape index (κ2) is 4.70. The van der Waals surface area contributed by atoms with E-state index in [1.165, 1.54) is 6.07 Å². The van der Waals surface area contributed by atoms with E-state index < -0.39 is 5.60 Å². The lowest BCUT2D eigenvalue weighted by atomic mass is 9.82. The van der Waals surface area contributed by atoms with Crippen LogP contribution in [0.1, 0.15) is 24.2 Å². The molecule has 110 valence electrons. The molecule has 0 aliphatic carbocycles. The van der Waals surface area contributed by atoms with E-state index in [1.54, 1.807) is 11.0 Å². The molecule has 0 radical (unpaired) electrons. The number of aliphatic hydroxyl groups is 1. The monoisotopic (exact) mass is 286 g/mol. The van der Waals surface area contributed by atoms with Crippen molar-refractivity contribution in [3.05, 3.63) is 46.2 Å². The molecule has 1 aromatic carbocycles. The minimum atomic E-state index is -0.813. The fourth-order valence-corrected chi connectivity index (χ4v) is 2.68. The van der Waals surface area contributed by atoms with Crippen LogP contribution in [0.3, 0.4) is 0 Å². The first kappa shape index (κ1) is 13.8. The Labute approximate surface area is 122 Å². The van der Waals surface area contributed by atoms with Crippen molar-refractivity contribution in [3.63, 3.8) is 0 Å². The number of hydrogen-bond donors (Lipinski definition) is 2. The summed E-state index contributed by atoms with van der Waals surface area (Å²) in [6, 6.07) is 8.56. The molecule has 0 unspecified atom stereocenters. The lowest BCUT2D eigenvalue weighted by molar-refractivity contribution is -0.110. The highest BCUT2D eigenvalue weighted by Gasteiger charge is 2.46. The van der Waals surface area contributed by atoms with E-state index in [2.05, 4.69) is 4.98 Å². The Morgan fingerprint density at radius 1 is 1.33 bits per heavy atom. The van der Waals surface area contributed by atoms with Gasteiger partial charge in [-0.3, -0.25) is 9.59 Å². The van der Waals surface area contributed by atoms with Crippen LogP contribution in [-0.4, -0.2) is 39.6 Å². The molecule has 0 saturated carbocycles. The van der Waals surface area contributed by atoms with Crippen molar-refractivity contribution in [1.29, 1.82) is 0 Å². The molecule has 1 aromatic heterocycles. The number of aromatic amines is 1. The van der Waals surface area contributed by atoms with Crippen molar-refractivity contribution in [2.75, 3.05) is 13.1 Å². The highest BCUT2D eigenvalue weighted by atomic mass is 16.3. The summed E-state index contributed by atoms with van der Waals surface area (Å²) in [7, 11) is 0. The van der Waals surface area contributed by atoms with Crippen LogP contribution in [0.4, 0.5) is 0 Å². The summed E-state index contributed by atoms with van der Waals surface area (Å²) in [5, 5.41) is 11.0. The summed E-state index contributed by atoms with van der Waals surface area (Å²) < 4.78 is 0. The van der Waals surface area contributed by atoms with E-state index in [-0.39, 0.29) is 17.4 Å². The number of para-hydroxylation sites is 1.